The Morgan fingerprint density at radius 2 is 1.76 bits per heavy atom. The van der Waals surface area contributed by atoms with E-state index in [1.807, 2.05) is 18.2 Å². The summed E-state index contributed by atoms with van der Waals surface area (Å²) in [4.78, 5) is 38.5. The van der Waals surface area contributed by atoms with Crippen molar-refractivity contribution in [2.24, 2.45) is 0 Å². The number of para-hydroxylation sites is 1. The summed E-state index contributed by atoms with van der Waals surface area (Å²) in [6.07, 6.45) is 0.0819. The average Bonchev–Trinajstić information content (AvgIpc) is 2.66. The highest BCUT2D eigenvalue weighted by molar-refractivity contribution is 6.09. The van der Waals surface area contributed by atoms with Crippen LogP contribution in [0.3, 0.4) is 0 Å². The molecule has 0 spiro atoms. The average molecular weight is 395 g/mol. The Morgan fingerprint density at radius 3 is 2.52 bits per heavy atom. The van der Waals surface area contributed by atoms with Crippen molar-refractivity contribution >= 4 is 23.7 Å². The summed E-state index contributed by atoms with van der Waals surface area (Å²) < 4.78 is 5.23. The van der Waals surface area contributed by atoms with E-state index in [0.29, 0.717) is 29.8 Å². The van der Waals surface area contributed by atoms with Crippen molar-refractivity contribution in [2.75, 3.05) is 11.9 Å². The quantitative estimate of drug-likeness (QED) is 0.824. The number of amides is 4. The largest absolute Gasteiger partial charge is 0.444 e. The van der Waals surface area contributed by atoms with Gasteiger partial charge in [-0.3, -0.25) is 9.69 Å². The molecule has 0 fully saturated rings. The third-order valence-corrected chi connectivity index (χ3v) is 4.42. The maximum Gasteiger partial charge on any atom is 0.407 e. The van der Waals surface area contributed by atoms with Gasteiger partial charge in [0.15, 0.2) is 0 Å². The first-order chi connectivity index (χ1) is 13.7. The highest BCUT2D eigenvalue weighted by Gasteiger charge is 2.29. The van der Waals surface area contributed by atoms with Crippen LogP contribution in [0.5, 0.6) is 0 Å². The lowest BCUT2D eigenvalue weighted by atomic mass is 9.99. The molecule has 1 aliphatic rings. The van der Waals surface area contributed by atoms with Crippen molar-refractivity contribution in [2.45, 2.75) is 39.3 Å². The monoisotopic (exact) mass is 395 g/mol. The van der Waals surface area contributed by atoms with Gasteiger partial charge in [-0.1, -0.05) is 36.4 Å². The molecule has 0 saturated carbocycles. The number of nitrogens with one attached hydrogen (secondary N) is 2. The predicted molar refractivity (Wildman–Crippen MR) is 110 cm³/mol. The van der Waals surface area contributed by atoms with Gasteiger partial charge in [0.05, 0.1) is 0 Å². The number of ether oxygens (including phenoxy) is 1. The maximum absolute atomic E-state index is 12.7. The normalized spacial score (nSPS) is 13.5. The second kappa shape index (κ2) is 8.34. The Morgan fingerprint density at radius 1 is 1.07 bits per heavy atom. The number of carbonyl (C=O) groups excluding carboxylic acids is 3. The van der Waals surface area contributed by atoms with E-state index in [1.165, 1.54) is 4.90 Å². The summed E-state index contributed by atoms with van der Waals surface area (Å²) in [6, 6.07) is 13.9. The molecule has 1 aliphatic heterocycles. The molecule has 2 N–H and O–H groups in total. The van der Waals surface area contributed by atoms with Crippen LogP contribution in [0.15, 0.2) is 48.5 Å². The Bertz CT molecular complexity index is 934. The first-order valence-corrected chi connectivity index (χ1v) is 9.50. The van der Waals surface area contributed by atoms with E-state index in [0.717, 1.165) is 5.56 Å². The number of hydrogen-bond acceptors (Lipinski definition) is 4. The standard InChI is InChI=1S/C22H25N3O4/c1-22(2,3)29-21(28)23-14-16-9-5-7-11-18(16)24-20(27)25-13-12-15-8-4-6-10-17(15)19(25)26/h4-11H,12-14H2,1-3H3,(H,23,28)(H,24,27). The summed E-state index contributed by atoms with van der Waals surface area (Å²) >= 11 is 0. The zero-order chi connectivity index (χ0) is 21.0. The first-order valence-electron chi connectivity index (χ1n) is 9.50. The summed E-state index contributed by atoms with van der Waals surface area (Å²) in [5.41, 5.74) is 2.14. The van der Waals surface area contributed by atoms with E-state index < -0.39 is 17.7 Å². The van der Waals surface area contributed by atoms with E-state index in [-0.39, 0.29) is 12.5 Å². The number of rotatable bonds is 3. The summed E-state index contributed by atoms with van der Waals surface area (Å²) in [5.74, 6) is -0.311. The Hall–Kier alpha value is -3.35. The van der Waals surface area contributed by atoms with Gasteiger partial charge in [-0.25, -0.2) is 9.59 Å². The van der Waals surface area contributed by atoms with Crippen molar-refractivity contribution in [3.63, 3.8) is 0 Å². The fraction of sp³-hybridized carbons (Fsp3) is 0.318. The van der Waals surface area contributed by atoms with Gasteiger partial charge >= 0.3 is 12.1 Å². The van der Waals surface area contributed by atoms with Gasteiger partial charge in [-0.15, -0.1) is 0 Å². The van der Waals surface area contributed by atoms with Gasteiger partial charge < -0.3 is 15.4 Å². The minimum absolute atomic E-state index is 0.183. The number of alkyl carbamates (subject to hydrolysis) is 1. The van der Waals surface area contributed by atoms with Crippen LogP contribution in [-0.2, 0) is 17.7 Å². The van der Waals surface area contributed by atoms with Crippen molar-refractivity contribution in [3.8, 4) is 0 Å². The fourth-order valence-corrected chi connectivity index (χ4v) is 3.08. The molecule has 1 heterocycles. The topological polar surface area (TPSA) is 87.7 Å². The third kappa shape index (κ3) is 5.13. The maximum atomic E-state index is 12.7. The zero-order valence-corrected chi connectivity index (χ0v) is 16.8. The SMILES string of the molecule is CC(C)(C)OC(=O)NCc1ccccc1NC(=O)N1CCc2ccccc2C1=O. The summed E-state index contributed by atoms with van der Waals surface area (Å²) in [6.45, 7) is 5.86. The lowest BCUT2D eigenvalue weighted by Gasteiger charge is -2.27. The van der Waals surface area contributed by atoms with Gasteiger partial charge in [-0.2, -0.15) is 0 Å². The molecular weight excluding hydrogens is 370 g/mol. The van der Waals surface area contributed by atoms with Gasteiger partial charge in [-0.05, 0) is 50.5 Å². The van der Waals surface area contributed by atoms with Crippen molar-refractivity contribution < 1.29 is 19.1 Å². The van der Waals surface area contributed by atoms with Crippen LogP contribution in [0.25, 0.3) is 0 Å². The van der Waals surface area contributed by atoms with Crippen LogP contribution in [0, 0.1) is 0 Å². The molecule has 29 heavy (non-hydrogen) atoms. The molecule has 0 aromatic heterocycles. The van der Waals surface area contributed by atoms with Gasteiger partial charge in [0.25, 0.3) is 5.91 Å². The molecule has 7 heteroatoms. The van der Waals surface area contributed by atoms with Crippen LogP contribution in [-0.4, -0.2) is 35.1 Å². The molecule has 2 aromatic carbocycles. The summed E-state index contributed by atoms with van der Waals surface area (Å²) in [5, 5.41) is 5.46. The van der Waals surface area contributed by atoms with E-state index in [4.69, 9.17) is 4.74 Å². The van der Waals surface area contributed by atoms with E-state index in [2.05, 4.69) is 10.6 Å². The van der Waals surface area contributed by atoms with E-state index >= 15 is 0 Å². The molecule has 0 unspecified atom stereocenters. The van der Waals surface area contributed by atoms with Crippen LogP contribution in [0.4, 0.5) is 15.3 Å². The van der Waals surface area contributed by atoms with Crippen molar-refractivity contribution in [3.05, 3.63) is 65.2 Å². The molecule has 0 aliphatic carbocycles. The minimum Gasteiger partial charge on any atom is -0.444 e. The third-order valence-electron chi connectivity index (χ3n) is 4.42. The smallest absolute Gasteiger partial charge is 0.407 e. The van der Waals surface area contributed by atoms with Crippen molar-refractivity contribution in [1.82, 2.24) is 10.2 Å². The molecule has 0 atom stereocenters. The van der Waals surface area contributed by atoms with Gasteiger partial charge in [0, 0.05) is 24.3 Å². The van der Waals surface area contributed by atoms with E-state index in [1.54, 1.807) is 51.1 Å². The second-order valence-electron chi connectivity index (χ2n) is 7.81. The molecule has 0 radical (unpaired) electrons. The molecular formula is C22H25N3O4. The molecule has 0 saturated heterocycles. The molecule has 7 nitrogen and oxygen atoms in total. The number of nitrogens with zero attached hydrogens (tertiary/aromatic N) is 1. The number of carbonyl (C=O) groups is 3. The van der Waals surface area contributed by atoms with E-state index in [9.17, 15) is 14.4 Å². The molecule has 2 aromatic rings. The lowest BCUT2D eigenvalue weighted by molar-refractivity contribution is 0.0523. The fourth-order valence-electron chi connectivity index (χ4n) is 3.08. The number of imide groups is 1. The molecule has 3 rings (SSSR count). The highest BCUT2D eigenvalue weighted by atomic mass is 16.6. The molecule has 4 amide bonds. The number of urea groups is 1. The van der Waals surface area contributed by atoms with Gasteiger partial charge in [0.1, 0.15) is 5.60 Å². The number of benzene rings is 2. The van der Waals surface area contributed by atoms with Crippen LogP contribution in [0.1, 0.15) is 42.3 Å². The number of anilines is 1. The van der Waals surface area contributed by atoms with Crippen LogP contribution >= 0.6 is 0 Å². The molecule has 152 valence electrons. The Kier molecular flexibility index (Phi) is 5.87. The number of hydrogen-bond donors (Lipinski definition) is 2. The molecule has 0 bridgehead atoms. The summed E-state index contributed by atoms with van der Waals surface area (Å²) in [7, 11) is 0. The second-order valence-corrected chi connectivity index (χ2v) is 7.81. The van der Waals surface area contributed by atoms with Crippen LogP contribution < -0.4 is 10.6 Å². The Labute approximate surface area is 170 Å². The predicted octanol–water partition coefficient (Wildman–Crippen LogP) is 3.94. The van der Waals surface area contributed by atoms with Crippen LogP contribution in [0.2, 0.25) is 0 Å². The zero-order valence-electron chi connectivity index (χ0n) is 16.8. The highest BCUT2D eigenvalue weighted by Crippen LogP contribution is 2.21. The number of fused-ring (bicyclic) bond motifs is 1. The first kappa shape index (κ1) is 20.4. The van der Waals surface area contributed by atoms with Gasteiger partial charge in [0.2, 0.25) is 0 Å². The van der Waals surface area contributed by atoms with Crippen molar-refractivity contribution in [1.29, 1.82) is 0 Å². The minimum atomic E-state index is -0.595. The lowest BCUT2D eigenvalue weighted by Crippen LogP contribution is -2.44. The Balaban J connectivity index is 1.67.